The molecule has 0 saturated carbocycles. The van der Waals surface area contributed by atoms with E-state index in [0.29, 0.717) is 6.54 Å². The Hall–Kier alpha value is -1.69. The number of rotatable bonds is 4. The largest absolute Gasteiger partial charge is 0.357 e. The molecule has 1 unspecified atom stereocenters. The molecular weight excluding hydrogens is 242 g/mol. The average Bonchev–Trinajstić information content (AvgIpc) is 2.47. The molecule has 2 heterocycles. The third kappa shape index (κ3) is 3.20. The summed E-state index contributed by atoms with van der Waals surface area (Å²) in [5, 5.41) is 5.95. The lowest BCUT2D eigenvalue weighted by Gasteiger charge is -2.35. The highest BCUT2D eigenvalue weighted by Gasteiger charge is 2.28. The van der Waals surface area contributed by atoms with Crippen LogP contribution < -0.4 is 15.5 Å². The van der Waals surface area contributed by atoms with Crippen LogP contribution in [0.3, 0.4) is 0 Å². The van der Waals surface area contributed by atoms with E-state index in [2.05, 4.69) is 32.4 Å². The molecule has 0 bridgehead atoms. The monoisotopic (exact) mass is 263 g/mol. The summed E-state index contributed by atoms with van der Waals surface area (Å²) in [4.78, 5) is 22.6. The Morgan fingerprint density at radius 1 is 1.58 bits per heavy atom. The van der Waals surface area contributed by atoms with Gasteiger partial charge in [-0.3, -0.25) is 4.79 Å². The Bertz CT molecular complexity index is 437. The van der Waals surface area contributed by atoms with Crippen LogP contribution in [-0.4, -0.2) is 48.6 Å². The standard InChI is InChI=1S/C13H21N5O/c1-3-4-10-7-12(17-9-16-10)18-6-5-15-8-11(18)13(19)14-2/h7,9,11,15H,3-6,8H2,1-2H3,(H,14,19). The second-order valence-corrected chi connectivity index (χ2v) is 4.65. The lowest BCUT2D eigenvalue weighted by atomic mass is 10.1. The normalized spacial score (nSPS) is 19.3. The molecule has 0 aromatic carbocycles. The van der Waals surface area contributed by atoms with Gasteiger partial charge in [-0.15, -0.1) is 0 Å². The third-order valence-corrected chi connectivity index (χ3v) is 3.30. The highest BCUT2D eigenvalue weighted by molar-refractivity contribution is 5.85. The van der Waals surface area contributed by atoms with E-state index >= 15 is 0 Å². The zero-order chi connectivity index (χ0) is 13.7. The summed E-state index contributed by atoms with van der Waals surface area (Å²) in [6.45, 7) is 4.41. The van der Waals surface area contributed by atoms with Gasteiger partial charge in [0, 0.05) is 38.4 Å². The number of carbonyl (C=O) groups excluding carboxylic acids is 1. The number of likely N-dealkylation sites (N-methyl/N-ethyl adjacent to an activating group) is 1. The second-order valence-electron chi connectivity index (χ2n) is 4.65. The molecule has 1 amide bonds. The molecule has 0 spiro atoms. The summed E-state index contributed by atoms with van der Waals surface area (Å²) >= 11 is 0. The minimum absolute atomic E-state index is 0.0165. The minimum atomic E-state index is -0.205. The summed E-state index contributed by atoms with van der Waals surface area (Å²) in [6, 6.07) is 1.79. The van der Waals surface area contributed by atoms with Gasteiger partial charge in [0.25, 0.3) is 0 Å². The van der Waals surface area contributed by atoms with Gasteiger partial charge in [-0.1, -0.05) is 13.3 Å². The Balaban J connectivity index is 2.21. The molecule has 1 aromatic rings. The van der Waals surface area contributed by atoms with Crippen LogP contribution in [0, 0.1) is 0 Å². The highest BCUT2D eigenvalue weighted by Crippen LogP contribution is 2.16. The van der Waals surface area contributed by atoms with Crippen molar-refractivity contribution in [1.29, 1.82) is 0 Å². The van der Waals surface area contributed by atoms with Gasteiger partial charge in [0.15, 0.2) is 0 Å². The number of anilines is 1. The van der Waals surface area contributed by atoms with Crippen LogP contribution in [0.2, 0.25) is 0 Å². The number of nitrogens with zero attached hydrogens (tertiary/aromatic N) is 3. The molecule has 6 nitrogen and oxygen atoms in total. The summed E-state index contributed by atoms with van der Waals surface area (Å²) in [6.07, 6.45) is 3.58. The number of carbonyl (C=O) groups is 1. The molecule has 1 aromatic heterocycles. The molecule has 1 aliphatic heterocycles. The maximum absolute atomic E-state index is 11.9. The Morgan fingerprint density at radius 2 is 2.42 bits per heavy atom. The Labute approximate surface area is 113 Å². The lowest BCUT2D eigenvalue weighted by molar-refractivity contribution is -0.122. The Morgan fingerprint density at radius 3 is 3.16 bits per heavy atom. The predicted octanol–water partition coefficient (Wildman–Crippen LogP) is -0.0467. The van der Waals surface area contributed by atoms with Crippen molar-refractivity contribution >= 4 is 11.7 Å². The van der Waals surface area contributed by atoms with Crippen molar-refractivity contribution in [2.45, 2.75) is 25.8 Å². The molecule has 1 fully saturated rings. The van der Waals surface area contributed by atoms with E-state index in [1.54, 1.807) is 13.4 Å². The van der Waals surface area contributed by atoms with Crippen molar-refractivity contribution in [3.8, 4) is 0 Å². The fraction of sp³-hybridized carbons (Fsp3) is 0.615. The van der Waals surface area contributed by atoms with Crippen LogP contribution in [-0.2, 0) is 11.2 Å². The number of hydrogen-bond donors (Lipinski definition) is 2. The van der Waals surface area contributed by atoms with E-state index in [4.69, 9.17) is 0 Å². The van der Waals surface area contributed by atoms with E-state index in [0.717, 1.165) is 37.4 Å². The molecular formula is C13H21N5O. The minimum Gasteiger partial charge on any atom is -0.357 e. The van der Waals surface area contributed by atoms with Crippen LogP contribution in [0.5, 0.6) is 0 Å². The molecule has 1 saturated heterocycles. The Kier molecular flexibility index (Phi) is 4.68. The molecule has 19 heavy (non-hydrogen) atoms. The van der Waals surface area contributed by atoms with Crippen LogP contribution in [0.1, 0.15) is 19.0 Å². The third-order valence-electron chi connectivity index (χ3n) is 3.30. The second kappa shape index (κ2) is 6.47. The van der Waals surface area contributed by atoms with Gasteiger partial charge < -0.3 is 15.5 Å². The van der Waals surface area contributed by atoms with Gasteiger partial charge in [-0.2, -0.15) is 0 Å². The molecule has 1 atom stereocenters. The van der Waals surface area contributed by atoms with Gasteiger partial charge in [-0.25, -0.2) is 9.97 Å². The van der Waals surface area contributed by atoms with Gasteiger partial charge >= 0.3 is 0 Å². The maximum Gasteiger partial charge on any atom is 0.243 e. The predicted molar refractivity (Wildman–Crippen MR) is 74.1 cm³/mol. The molecule has 104 valence electrons. The first kappa shape index (κ1) is 13.7. The lowest BCUT2D eigenvalue weighted by Crippen LogP contribution is -2.58. The summed E-state index contributed by atoms with van der Waals surface area (Å²) in [7, 11) is 1.66. The molecule has 0 aliphatic carbocycles. The number of aromatic nitrogens is 2. The molecule has 1 aliphatic rings. The van der Waals surface area contributed by atoms with Gasteiger partial charge in [0.2, 0.25) is 5.91 Å². The number of nitrogens with one attached hydrogen (secondary N) is 2. The summed E-state index contributed by atoms with van der Waals surface area (Å²) in [5.74, 6) is 0.858. The van der Waals surface area contributed by atoms with Crippen molar-refractivity contribution in [2.24, 2.45) is 0 Å². The van der Waals surface area contributed by atoms with Crippen molar-refractivity contribution in [2.75, 3.05) is 31.6 Å². The van der Waals surface area contributed by atoms with Crippen molar-refractivity contribution in [1.82, 2.24) is 20.6 Å². The van der Waals surface area contributed by atoms with Crippen LogP contribution in [0.15, 0.2) is 12.4 Å². The van der Waals surface area contributed by atoms with E-state index < -0.39 is 0 Å². The fourth-order valence-corrected chi connectivity index (χ4v) is 2.32. The molecule has 2 rings (SSSR count). The first-order chi connectivity index (χ1) is 9.26. The van der Waals surface area contributed by atoms with Crippen LogP contribution in [0.4, 0.5) is 5.82 Å². The molecule has 6 heteroatoms. The van der Waals surface area contributed by atoms with Crippen molar-refractivity contribution in [3.63, 3.8) is 0 Å². The van der Waals surface area contributed by atoms with E-state index in [-0.39, 0.29) is 11.9 Å². The average molecular weight is 263 g/mol. The smallest absolute Gasteiger partial charge is 0.243 e. The highest BCUT2D eigenvalue weighted by atomic mass is 16.2. The topological polar surface area (TPSA) is 70.2 Å². The van der Waals surface area contributed by atoms with Crippen molar-refractivity contribution < 1.29 is 4.79 Å². The summed E-state index contributed by atoms with van der Waals surface area (Å²) in [5.41, 5.74) is 1.03. The van der Waals surface area contributed by atoms with Gasteiger partial charge in [-0.05, 0) is 6.42 Å². The SMILES string of the molecule is CCCc1cc(N2CCNCC2C(=O)NC)ncn1. The molecule has 0 radical (unpaired) electrons. The fourth-order valence-electron chi connectivity index (χ4n) is 2.32. The number of amides is 1. The molecule has 2 N–H and O–H groups in total. The van der Waals surface area contributed by atoms with E-state index in [9.17, 15) is 4.79 Å². The van der Waals surface area contributed by atoms with Gasteiger partial charge in [0.05, 0.1) is 0 Å². The van der Waals surface area contributed by atoms with Gasteiger partial charge in [0.1, 0.15) is 18.2 Å². The maximum atomic E-state index is 11.9. The zero-order valence-corrected chi connectivity index (χ0v) is 11.5. The number of hydrogen-bond acceptors (Lipinski definition) is 5. The van der Waals surface area contributed by atoms with E-state index in [1.807, 2.05) is 6.07 Å². The first-order valence-corrected chi connectivity index (χ1v) is 6.76. The quantitative estimate of drug-likeness (QED) is 0.797. The zero-order valence-electron chi connectivity index (χ0n) is 11.5. The number of piperazine rings is 1. The van der Waals surface area contributed by atoms with Crippen LogP contribution >= 0.6 is 0 Å². The van der Waals surface area contributed by atoms with E-state index in [1.165, 1.54) is 0 Å². The van der Waals surface area contributed by atoms with Crippen LogP contribution in [0.25, 0.3) is 0 Å². The number of aryl methyl sites for hydroxylation is 1. The van der Waals surface area contributed by atoms with Crippen molar-refractivity contribution in [3.05, 3.63) is 18.1 Å². The first-order valence-electron chi connectivity index (χ1n) is 6.76. The summed E-state index contributed by atoms with van der Waals surface area (Å²) < 4.78 is 0.